The van der Waals surface area contributed by atoms with Crippen LogP contribution >= 0.6 is 0 Å². The van der Waals surface area contributed by atoms with Gasteiger partial charge in [0.05, 0.1) is 11.4 Å². The number of fused-ring (bicyclic) bond motifs is 2. The van der Waals surface area contributed by atoms with E-state index in [-0.39, 0.29) is 0 Å². The van der Waals surface area contributed by atoms with Crippen LogP contribution in [0.3, 0.4) is 0 Å². The standard InChI is InChI=1S/C26H32N2/c1-2-10-18-27(17-9-1)25-21-13-5-7-15-23(21)26(24-16-8-6-14-22(24)25)28-19-11-3-4-12-20-28/h5-8,13-16H,1-4,9-12,17-20H2. The molecule has 0 radical (unpaired) electrons. The second-order valence-electron chi connectivity index (χ2n) is 8.59. The normalized spacial score (nSPS) is 19.0. The summed E-state index contributed by atoms with van der Waals surface area (Å²) in [6, 6.07) is 18.4. The molecule has 146 valence electrons. The van der Waals surface area contributed by atoms with Crippen molar-refractivity contribution in [1.82, 2.24) is 0 Å². The monoisotopic (exact) mass is 372 g/mol. The molecule has 0 saturated carbocycles. The van der Waals surface area contributed by atoms with Gasteiger partial charge in [-0.2, -0.15) is 0 Å². The Morgan fingerprint density at radius 2 is 0.679 bits per heavy atom. The molecular formula is C26H32N2. The van der Waals surface area contributed by atoms with E-state index in [1.165, 1.54) is 110 Å². The first-order valence-electron chi connectivity index (χ1n) is 11.4. The fraction of sp³-hybridized carbons (Fsp3) is 0.462. The van der Waals surface area contributed by atoms with E-state index in [2.05, 4.69) is 58.3 Å². The maximum Gasteiger partial charge on any atom is 0.0527 e. The van der Waals surface area contributed by atoms with Crippen LogP contribution in [0.15, 0.2) is 48.5 Å². The molecule has 0 N–H and O–H groups in total. The van der Waals surface area contributed by atoms with Crippen LogP contribution in [0.4, 0.5) is 11.4 Å². The highest BCUT2D eigenvalue weighted by atomic mass is 15.1. The van der Waals surface area contributed by atoms with Crippen LogP contribution in [0.2, 0.25) is 0 Å². The molecule has 2 nitrogen and oxygen atoms in total. The van der Waals surface area contributed by atoms with Gasteiger partial charge in [0.15, 0.2) is 0 Å². The van der Waals surface area contributed by atoms with Crippen molar-refractivity contribution in [1.29, 1.82) is 0 Å². The van der Waals surface area contributed by atoms with Gasteiger partial charge in [-0.25, -0.2) is 0 Å². The molecule has 2 aliphatic rings. The van der Waals surface area contributed by atoms with Crippen LogP contribution < -0.4 is 9.80 Å². The smallest absolute Gasteiger partial charge is 0.0527 e. The Bertz CT molecular complexity index is 810. The first-order valence-corrected chi connectivity index (χ1v) is 11.4. The second-order valence-corrected chi connectivity index (χ2v) is 8.59. The van der Waals surface area contributed by atoms with Crippen molar-refractivity contribution in [3.05, 3.63) is 48.5 Å². The summed E-state index contributed by atoms with van der Waals surface area (Å²) in [5.41, 5.74) is 2.96. The van der Waals surface area contributed by atoms with Crippen LogP contribution in [0.25, 0.3) is 21.5 Å². The molecule has 28 heavy (non-hydrogen) atoms. The van der Waals surface area contributed by atoms with Gasteiger partial charge in [0.2, 0.25) is 0 Å². The Balaban J connectivity index is 1.77. The summed E-state index contributed by atoms with van der Waals surface area (Å²) < 4.78 is 0. The van der Waals surface area contributed by atoms with Gasteiger partial charge in [-0.15, -0.1) is 0 Å². The van der Waals surface area contributed by atoms with E-state index >= 15 is 0 Å². The van der Waals surface area contributed by atoms with Crippen LogP contribution in [0.1, 0.15) is 51.4 Å². The zero-order chi connectivity index (χ0) is 18.8. The lowest BCUT2D eigenvalue weighted by Gasteiger charge is -2.31. The molecule has 3 aromatic carbocycles. The Morgan fingerprint density at radius 1 is 0.393 bits per heavy atom. The first kappa shape index (κ1) is 17.8. The molecule has 0 spiro atoms. The van der Waals surface area contributed by atoms with E-state index in [0.29, 0.717) is 0 Å². The third-order valence-corrected chi connectivity index (χ3v) is 6.72. The average Bonchev–Trinajstić information content (AvgIpc) is 3.17. The summed E-state index contributed by atoms with van der Waals surface area (Å²) in [6.07, 6.45) is 10.8. The molecule has 0 atom stereocenters. The minimum absolute atomic E-state index is 1.19. The number of hydrogen-bond acceptors (Lipinski definition) is 2. The summed E-state index contributed by atoms with van der Waals surface area (Å²) >= 11 is 0. The van der Waals surface area contributed by atoms with E-state index < -0.39 is 0 Å². The largest absolute Gasteiger partial charge is 0.371 e. The fourth-order valence-electron chi connectivity index (χ4n) is 5.35. The van der Waals surface area contributed by atoms with Crippen molar-refractivity contribution >= 4 is 32.9 Å². The molecule has 2 heteroatoms. The van der Waals surface area contributed by atoms with Gasteiger partial charge in [0.25, 0.3) is 0 Å². The lowest BCUT2D eigenvalue weighted by molar-refractivity contribution is 0.726. The van der Waals surface area contributed by atoms with E-state index in [9.17, 15) is 0 Å². The lowest BCUT2D eigenvalue weighted by atomic mass is 9.96. The maximum absolute atomic E-state index is 2.68. The quantitative estimate of drug-likeness (QED) is 0.459. The Labute approximate surface area is 169 Å². The minimum atomic E-state index is 1.19. The van der Waals surface area contributed by atoms with Crippen LogP contribution in [0, 0.1) is 0 Å². The van der Waals surface area contributed by atoms with Crippen molar-refractivity contribution in [2.45, 2.75) is 51.4 Å². The van der Waals surface area contributed by atoms with E-state index in [1.54, 1.807) is 0 Å². The highest BCUT2D eigenvalue weighted by Gasteiger charge is 2.22. The molecule has 2 saturated heterocycles. The molecule has 5 rings (SSSR count). The minimum Gasteiger partial charge on any atom is -0.371 e. The maximum atomic E-state index is 2.68. The highest BCUT2D eigenvalue weighted by Crippen LogP contribution is 2.44. The van der Waals surface area contributed by atoms with Crippen LogP contribution in [0.5, 0.6) is 0 Å². The van der Waals surface area contributed by atoms with Gasteiger partial charge >= 0.3 is 0 Å². The van der Waals surface area contributed by atoms with Gasteiger partial charge in [0, 0.05) is 47.7 Å². The van der Waals surface area contributed by atoms with E-state index in [0.717, 1.165) is 0 Å². The number of hydrogen-bond donors (Lipinski definition) is 0. The number of nitrogens with zero attached hydrogens (tertiary/aromatic N) is 2. The molecule has 0 amide bonds. The topological polar surface area (TPSA) is 6.48 Å². The molecule has 0 aromatic heterocycles. The molecule has 2 aliphatic heterocycles. The summed E-state index contributed by atoms with van der Waals surface area (Å²) in [4.78, 5) is 5.37. The van der Waals surface area contributed by atoms with Crippen molar-refractivity contribution in [2.75, 3.05) is 36.0 Å². The van der Waals surface area contributed by atoms with Gasteiger partial charge in [0.1, 0.15) is 0 Å². The van der Waals surface area contributed by atoms with E-state index in [4.69, 9.17) is 0 Å². The SMILES string of the molecule is c1ccc2c(N3CCCCCC3)c3ccccc3c(N3CCCCCC3)c2c1. The van der Waals surface area contributed by atoms with Crippen molar-refractivity contribution in [3.8, 4) is 0 Å². The lowest BCUT2D eigenvalue weighted by Crippen LogP contribution is -2.26. The van der Waals surface area contributed by atoms with Crippen molar-refractivity contribution in [3.63, 3.8) is 0 Å². The zero-order valence-electron chi connectivity index (χ0n) is 17.0. The number of anilines is 2. The second kappa shape index (κ2) is 8.03. The molecule has 3 aromatic rings. The molecule has 2 heterocycles. The zero-order valence-corrected chi connectivity index (χ0v) is 17.0. The molecule has 0 unspecified atom stereocenters. The van der Waals surface area contributed by atoms with Crippen molar-refractivity contribution in [2.24, 2.45) is 0 Å². The van der Waals surface area contributed by atoms with Gasteiger partial charge in [-0.05, 0) is 25.7 Å². The van der Waals surface area contributed by atoms with Crippen LogP contribution in [-0.2, 0) is 0 Å². The molecule has 0 aliphatic carbocycles. The fourth-order valence-corrected chi connectivity index (χ4v) is 5.35. The average molecular weight is 373 g/mol. The van der Waals surface area contributed by atoms with Gasteiger partial charge < -0.3 is 9.80 Å². The first-order chi connectivity index (χ1) is 13.9. The number of benzene rings is 3. The Hall–Kier alpha value is -2.22. The Morgan fingerprint density at radius 3 is 0.964 bits per heavy atom. The predicted molar refractivity (Wildman–Crippen MR) is 123 cm³/mol. The van der Waals surface area contributed by atoms with E-state index in [1.807, 2.05) is 0 Å². The Kier molecular flexibility index (Phi) is 5.12. The molecular weight excluding hydrogens is 340 g/mol. The van der Waals surface area contributed by atoms with Crippen LogP contribution in [-0.4, -0.2) is 26.2 Å². The predicted octanol–water partition coefficient (Wildman–Crippen LogP) is 6.75. The summed E-state index contributed by atoms with van der Waals surface area (Å²) in [5, 5.41) is 5.79. The number of rotatable bonds is 2. The summed E-state index contributed by atoms with van der Waals surface area (Å²) in [6.45, 7) is 4.77. The molecule has 2 fully saturated rings. The van der Waals surface area contributed by atoms with Gasteiger partial charge in [-0.1, -0.05) is 74.2 Å². The third-order valence-electron chi connectivity index (χ3n) is 6.72. The molecule has 0 bridgehead atoms. The third kappa shape index (κ3) is 3.23. The van der Waals surface area contributed by atoms with Gasteiger partial charge in [-0.3, -0.25) is 0 Å². The van der Waals surface area contributed by atoms with Crippen molar-refractivity contribution < 1.29 is 0 Å². The summed E-state index contributed by atoms with van der Waals surface area (Å²) in [5.74, 6) is 0. The summed E-state index contributed by atoms with van der Waals surface area (Å²) in [7, 11) is 0. The highest BCUT2D eigenvalue weighted by molar-refractivity contribution is 6.20.